The highest BCUT2D eigenvalue weighted by atomic mass is 16.4. The number of amides is 3. The monoisotopic (exact) mass is 448 g/mol. The van der Waals surface area contributed by atoms with E-state index in [0.29, 0.717) is 16.7 Å². The predicted octanol–water partition coefficient (Wildman–Crippen LogP) is 5.07. The summed E-state index contributed by atoms with van der Waals surface area (Å²) >= 11 is 0. The first-order valence-corrected chi connectivity index (χ1v) is 11.0. The van der Waals surface area contributed by atoms with E-state index in [4.69, 9.17) is 4.42 Å². The Morgan fingerprint density at radius 2 is 1.53 bits per heavy atom. The number of imide groups is 1. The quantitative estimate of drug-likeness (QED) is 0.238. The van der Waals surface area contributed by atoms with E-state index < -0.39 is 17.2 Å². The molecule has 1 aromatic heterocycles. The summed E-state index contributed by atoms with van der Waals surface area (Å²) in [5.74, 6) is -0.366. The molecule has 34 heavy (non-hydrogen) atoms. The molecular weight excluding hydrogens is 428 g/mol. The lowest BCUT2D eigenvalue weighted by Gasteiger charge is -2.23. The zero-order valence-corrected chi connectivity index (χ0v) is 18.4. The minimum atomic E-state index is -1.21. The van der Waals surface area contributed by atoms with Crippen LogP contribution >= 0.6 is 0 Å². The number of fused-ring (bicyclic) bond motifs is 4. The van der Waals surface area contributed by atoms with Gasteiger partial charge in [-0.25, -0.2) is 9.59 Å². The summed E-state index contributed by atoms with van der Waals surface area (Å²) in [5, 5.41) is 7.49. The maximum Gasteiger partial charge on any atom is 0.336 e. The number of hydrogen-bond acceptors (Lipinski definition) is 4. The van der Waals surface area contributed by atoms with Gasteiger partial charge >= 0.3 is 11.7 Å². The molecule has 1 fully saturated rings. The van der Waals surface area contributed by atoms with Crippen LogP contribution < -0.4 is 10.9 Å². The molecule has 0 saturated carbocycles. The molecule has 6 rings (SSSR count). The lowest BCUT2D eigenvalue weighted by atomic mass is 9.90. The third-order valence-electron chi connectivity index (χ3n) is 6.64. The van der Waals surface area contributed by atoms with Crippen molar-refractivity contribution in [1.82, 2.24) is 10.2 Å². The highest BCUT2D eigenvalue weighted by molar-refractivity contribution is 6.09. The molecular formula is C28H20N2O4. The van der Waals surface area contributed by atoms with Crippen molar-refractivity contribution in [3.05, 3.63) is 106 Å². The van der Waals surface area contributed by atoms with Crippen LogP contribution in [-0.2, 0) is 16.9 Å². The number of urea groups is 1. The average Bonchev–Trinajstić information content (AvgIpc) is 3.07. The SMILES string of the molecule is CC1(c2ccc3ccccc3c2)NC(=O)N(Cc2cc(=O)oc3ccc4ccccc4c23)C1=O. The summed E-state index contributed by atoms with van der Waals surface area (Å²) in [5.41, 5.74) is -0.0461. The van der Waals surface area contributed by atoms with Gasteiger partial charge in [-0.05, 0) is 51.7 Å². The van der Waals surface area contributed by atoms with Crippen LogP contribution in [0.1, 0.15) is 18.1 Å². The van der Waals surface area contributed by atoms with Gasteiger partial charge in [0.15, 0.2) is 0 Å². The van der Waals surface area contributed by atoms with Crippen molar-refractivity contribution in [1.29, 1.82) is 0 Å². The standard InChI is InChI=1S/C28H20N2O4/c1-28(21-12-10-17-6-2-3-8-19(17)14-21)26(32)30(27(33)29-28)16-20-15-24(31)34-23-13-11-18-7-4-5-9-22(18)25(20)23/h2-15H,16H2,1H3,(H,29,33). The van der Waals surface area contributed by atoms with Crippen molar-refractivity contribution in [3.8, 4) is 0 Å². The van der Waals surface area contributed by atoms with Crippen LogP contribution in [0.3, 0.4) is 0 Å². The van der Waals surface area contributed by atoms with Gasteiger partial charge in [0.05, 0.1) is 6.54 Å². The van der Waals surface area contributed by atoms with Crippen LogP contribution in [0.25, 0.3) is 32.5 Å². The Bertz CT molecular complexity index is 1700. The summed E-state index contributed by atoms with van der Waals surface area (Å²) in [7, 11) is 0. The van der Waals surface area contributed by atoms with Gasteiger partial charge in [0.25, 0.3) is 5.91 Å². The van der Waals surface area contributed by atoms with E-state index in [0.717, 1.165) is 26.9 Å². The zero-order chi connectivity index (χ0) is 23.4. The van der Waals surface area contributed by atoms with Gasteiger partial charge in [0, 0.05) is 11.5 Å². The Labute approximate surface area is 194 Å². The van der Waals surface area contributed by atoms with Gasteiger partial charge in [0.1, 0.15) is 11.1 Å². The predicted molar refractivity (Wildman–Crippen MR) is 130 cm³/mol. The molecule has 4 aromatic carbocycles. The first kappa shape index (κ1) is 20.2. The Balaban J connectivity index is 1.44. The summed E-state index contributed by atoms with van der Waals surface area (Å²) in [4.78, 5) is 40.1. The molecule has 1 unspecified atom stereocenters. The van der Waals surface area contributed by atoms with E-state index in [2.05, 4.69) is 5.32 Å². The molecule has 6 nitrogen and oxygen atoms in total. The van der Waals surface area contributed by atoms with Crippen LogP contribution in [0.5, 0.6) is 0 Å². The molecule has 0 bridgehead atoms. The van der Waals surface area contributed by atoms with Crippen molar-refractivity contribution in [2.75, 3.05) is 0 Å². The van der Waals surface area contributed by atoms with Crippen molar-refractivity contribution < 1.29 is 14.0 Å². The Morgan fingerprint density at radius 3 is 2.35 bits per heavy atom. The third kappa shape index (κ3) is 2.99. The molecule has 2 heterocycles. The van der Waals surface area contributed by atoms with E-state index in [-0.39, 0.29) is 12.5 Å². The molecule has 5 aromatic rings. The van der Waals surface area contributed by atoms with E-state index in [1.807, 2.05) is 72.8 Å². The van der Waals surface area contributed by atoms with E-state index in [9.17, 15) is 14.4 Å². The molecule has 3 amide bonds. The van der Waals surface area contributed by atoms with E-state index >= 15 is 0 Å². The number of benzene rings is 4. The van der Waals surface area contributed by atoms with Gasteiger partial charge in [-0.1, -0.05) is 66.7 Å². The largest absolute Gasteiger partial charge is 0.423 e. The van der Waals surface area contributed by atoms with Crippen LogP contribution in [-0.4, -0.2) is 16.8 Å². The molecule has 6 heteroatoms. The van der Waals surface area contributed by atoms with Gasteiger partial charge in [-0.3, -0.25) is 9.69 Å². The first-order valence-electron chi connectivity index (χ1n) is 11.0. The number of nitrogens with one attached hydrogen (secondary N) is 1. The van der Waals surface area contributed by atoms with Crippen LogP contribution in [0.2, 0.25) is 0 Å². The van der Waals surface area contributed by atoms with Crippen LogP contribution in [0, 0.1) is 0 Å². The zero-order valence-electron chi connectivity index (χ0n) is 18.4. The van der Waals surface area contributed by atoms with E-state index in [1.54, 1.807) is 13.0 Å². The van der Waals surface area contributed by atoms with Crippen molar-refractivity contribution in [2.24, 2.45) is 0 Å². The van der Waals surface area contributed by atoms with E-state index in [1.165, 1.54) is 11.0 Å². The fraction of sp³-hybridized carbons (Fsp3) is 0.107. The average molecular weight is 448 g/mol. The highest BCUT2D eigenvalue weighted by Gasteiger charge is 2.49. The summed E-state index contributed by atoms with van der Waals surface area (Å²) in [6.45, 7) is 1.67. The lowest BCUT2D eigenvalue weighted by Crippen LogP contribution is -2.40. The van der Waals surface area contributed by atoms with Gasteiger partial charge in [-0.2, -0.15) is 0 Å². The Morgan fingerprint density at radius 1 is 0.824 bits per heavy atom. The minimum Gasteiger partial charge on any atom is -0.423 e. The molecule has 0 spiro atoms. The lowest BCUT2D eigenvalue weighted by molar-refractivity contribution is -0.131. The van der Waals surface area contributed by atoms with Crippen LogP contribution in [0.15, 0.2) is 94.1 Å². The maximum absolute atomic E-state index is 13.6. The van der Waals surface area contributed by atoms with Crippen LogP contribution in [0.4, 0.5) is 4.79 Å². The molecule has 1 aliphatic rings. The molecule has 0 radical (unpaired) electrons. The number of nitrogens with zero attached hydrogens (tertiary/aromatic N) is 1. The van der Waals surface area contributed by atoms with Gasteiger partial charge in [-0.15, -0.1) is 0 Å². The normalized spacial score (nSPS) is 18.2. The number of carbonyl (C=O) groups excluding carboxylic acids is 2. The Kier molecular flexibility index (Phi) is 4.32. The number of hydrogen-bond donors (Lipinski definition) is 1. The summed E-state index contributed by atoms with van der Waals surface area (Å²) in [6, 6.07) is 25.8. The van der Waals surface area contributed by atoms with Crippen molar-refractivity contribution in [2.45, 2.75) is 19.0 Å². The molecule has 1 atom stereocenters. The fourth-order valence-electron chi connectivity index (χ4n) is 4.85. The number of rotatable bonds is 3. The fourth-order valence-corrected chi connectivity index (χ4v) is 4.85. The minimum absolute atomic E-state index is 0.0378. The topological polar surface area (TPSA) is 79.6 Å². The number of carbonyl (C=O) groups is 2. The summed E-state index contributed by atoms with van der Waals surface area (Å²) in [6.07, 6.45) is 0. The molecule has 0 aliphatic carbocycles. The third-order valence-corrected chi connectivity index (χ3v) is 6.64. The Hall–Kier alpha value is -4.45. The second kappa shape index (κ2) is 7.28. The highest BCUT2D eigenvalue weighted by Crippen LogP contribution is 2.33. The second-order valence-corrected chi connectivity index (χ2v) is 8.76. The van der Waals surface area contributed by atoms with Gasteiger partial charge in [0.2, 0.25) is 0 Å². The molecule has 166 valence electrons. The van der Waals surface area contributed by atoms with Crippen molar-refractivity contribution >= 4 is 44.5 Å². The molecule has 1 saturated heterocycles. The smallest absolute Gasteiger partial charge is 0.336 e. The summed E-state index contributed by atoms with van der Waals surface area (Å²) < 4.78 is 5.42. The first-order chi connectivity index (χ1) is 16.4. The molecule has 1 N–H and O–H groups in total. The maximum atomic E-state index is 13.6. The second-order valence-electron chi connectivity index (χ2n) is 8.76. The van der Waals surface area contributed by atoms with Crippen molar-refractivity contribution in [3.63, 3.8) is 0 Å². The van der Waals surface area contributed by atoms with Gasteiger partial charge < -0.3 is 9.73 Å². The molecule has 1 aliphatic heterocycles.